The number of nitrogens with one attached hydrogen (secondary N) is 1. The van der Waals surface area contributed by atoms with Crippen LogP contribution in [-0.2, 0) is 22.5 Å². The first-order valence-corrected chi connectivity index (χ1v) is 6.91. The van der Waals surface area contributed by atoms with E-state index in [0.29, 0.717) is 6.54 Å². The van der Waals surface area contributed by atoms with Crippen LogP contribution in [0.25, 0.3) is 0 Å². The van der Waals surface area contributed by atoms with Gasteiger partial charge < -0.3 is 14.9 Å². The first kappa shape index (κ1) is 16.0. The maximum absolute atomic E-state index is 11.7. The summed E-state index contributed by atoms with van der Waals surface area (Å²) in [5.41, 5.74) is 0.200. The molecule has 1 atom stereocenters. The quantitative estimate of drug-likeness (QED) is 0.683. The van der Waals surface area contributed by atoms with Gasteiger partial charge in [0.25, 0.3) is 0 Å². The number of phenolic OH excluding ortho intramolecular Hbond substituents is 1. The number of benzene rings is 2. The lowest BCUT2D eigenvalue weighted by atomic mass is 10.0. The van der Waals surface area contributed by atoms with E-state index in [4.69, 9.17) is 4.74 Å². The van der Waals surface area contributed by atoms with Crippen molar-refractivity contribution in [3.05, 3.63) is 65.7 Å². The summed E-state index contributed by atoms with van der Waals surface area (Å²) < 4.78 is 5.28. The van der Waals surface area contributed by atoms with Gasteiger partial charge in [0, 0.05) is 20.1 Å². The van der Waals surface area contributed by atoms with Crippen molar-refractivity contribution in [1.82, 2.24) is 5.32 Å². The molecule has 0 saturated heterocycles. The van der Waals surface area contributed by atoms with Gasteiger partial charge in [0.2, 0.25) is 5.72 Å². The van der Waals surface area contributed by atoms with Gasteiger partial charge in [0.1, 0.15) is 5.75 Å². The summed E-state index contributed by atoms with van der Waals surface area (Å²) in [5.74, 6) is -0.946. The molecule has 5 heteroatoms. The highest BCUT2D eigenvalue weighted by Gasteiger charge is 2.38. The van der Waals surface area contributed by atoms with Gasteiger partial charge in [-0.25, -0.2) is 4.79 Å². The average Bonchev–Trinajstić information content (AvgIpc) is 2.54. The Morgan fingerprint density at radius 1 is 1.09 bits per heavy atom. The second-order valence-electron chi connectivity index (χ2n) is 5.02. The van der Waals surface area contributed by atoms with Crippen LogP contribution in [0, 0.1) is 0 Å². The number of carboxylic acids is 1. The minimum Gasteiger partial charge on any atom is -0.508 e. The van der Waals surface area contributed by atoms with Gasteiger partial charge in [-0.2, -0.15) is 0 Å². The van der Waals surface area contributed by atoms with Crippen LogP contribution < -0.4 is 5.32 Å². The second-order valence-corrected chi connectivity index (χ2v) is 5.02. The lowest BCUT2D eigenvalue weighted by Crippen LogP contribution is -2.55. The third-order valence-electron chi connectivity index (χ3n) is 3.50. The highest BCUT2D eigenvalue weighted by molar-refractivity contribution is 5.77. The highest BCUT2D eigenvalue weighted by Crippen LogP contribution is 2.18. The number of aromatic hydroxyl groups is 1. The fourth-order valence-corrected chi connectivity index (χ4v) is 2.19. The monoisotopic (exact) mass is 301 g/mol. The minimum atomic E-state index is -1.52. The summed E-state index contributed by atoms with van der Waals surface area (Å²) in [4.78, 5) is 11.7. The molecule has 2 rings (SSSR count). The smallest absolute Gasteiger partial charge is 0.351 e. The first-order valence-electron chi connectivity index (χ1n) is 6.91. The molecule has 5 nitrogen and oxygen atoms in total. The highest BCUT2D eigenvalue weighted by atomic mass is 16.5. The van der Waals surface area contributed by atoms with Crippen molar-refractivity contribution in [2.24, 2.45) is 0 Å². The van der Waals surface area contributed by atoms with Gasteiger partial charge >= 0.3 is 5.97 Å². The molecule has 0 aliphatic rings. The molecular weight excluding hydrogens is 282 g/mol. The number of hydrogen-bond acceptors (Lipinski definition) is 4. The van der Waals surface area contributed by atoms with E-state index in [2.05, 4.69) is 5.32 Å². The molecule has 22 heavy (non-hydrogen) atoms. The van der Waals surface area contributed by atoms with Crippen molar-refractivity contribution < 1.29 is 19.7 Å². The number of methoxy groups -OCH3 is 1. The average molecular weight is 301 g/mol. The fourth-order valence-electron chi connectivity index (χ4n) is 2.19. The Morgan fingerprint density at radius 2 is 1.73 bits per heavy atom. The van der Waals surface area contributed by atoms with Crippen LogP contribution in [-0.4, -0.2) is 29.0 Å². The predicted molar refractivity (Wildman–Crippen MR) is 82.5 cm³/mol. The van der Waals surface area contributed by atoms with Crippen molar-refractivity contribution in [2.75, 3.05) is 7.11 Å². The third kappa shape index (κ3) is 3.84. The maximum Gasteiger partial charge on any atom is 0.351 e. The van der Waals surface area contributed by atoms with Crippen LogP contribution in [0.3, 0.4) is 0 Å². The predicted octanol–water partition coefficient (Wildman–Crippen LogP) is 2.15. The van der Waals surface area contributed by atoms with Crippen LogP contribution >= 0.6 is 0 Å². The van der Waals surface area contributed by atoms with Crippen molar-refractivity contribution in [2.45, 2.75) is 18.7 Å². The molecule has 3 N–H and O–H groups in total. The molecule has 0 radical (unpaired) electrons. The molecule has 2 aromatic rings. The van der Waals surface area contributed by atoms with E-state index in [0.717, 1.165) is 11.1 Å². The molecule has 0 bridgehead atoms. The number of carbonyl (C=O) groups is 1. The number of phenols is 1. The standard InChI is InChI=1S/C17H19NO4/c1-22-17(16(20)21,11-13-7-9-15(19)10-8-13)18-12-14-5-3-2-4-6-14/h2-10,18-19H,11-12H2,1H3,(H,20,21)/t17-/m1/s1. The molecule has 0 aromatic heterocycles. The summed E-state index contributed by atoms with van der Waals surface area (Å²) in [7, 11) is 1.37. The van der Waals surface area contributed by atoms with E-state index >= 15 is 0 Å². The SMILES string of the molecule is CO[C@@](Cc1ccc(O)cc1)(NCc1ccccc1)C(=O)O. The molecule has 0 fully saturated rings. The number of carboxylic acid groups (broad SMARTS) is 1. The minimum absolute atomic E-state index is 0.138. The van der Waals surface area contributed by atoms with Gasteiger partial charge in [0.15, 0.2) is 0 Å². The second kappa shape index (κ2) is 7.06. The zero-order valence-corrected chi connectivity index (χ0v) is 12.3. The topological polar surface area (TPSA) is 78.8 Å². The molecule has 116 valence electrons. The van der Waals surface area contributed by atoms with Crippen molar-refractivity contribution in [3.8, 4) is 5.75 Å². The van der Waals surface area contributed by atoms with E-state index in [1.165, 1.54) is 19.2 Å². The van der Waals surface area contributed by atoms with E-state index in [1.54, 1.807) is 12.1 Å². The number of rotatable bonds is 7. The molecule has 0 spiro atoms. The van der Waals surface area contributed by atoms with Crippen LogP contribution in [0.15, 0.2) is 54.6 Å². The molecular formula is C17H19NO4. The molecule has 0 aliphatic carbocycles. The molecule has 2 aromatic carbocycles. The van der Waals surface area contributed by atoms with Crippen molar-refractivity contribution in [3.63, 3.8) is 0 Å². The lowest BCUT2D eigenvalue weighted by Gasteiger charge is -2.29. The number of hydrogen-bond donors (Lipinski definition) is 3. The van der Waals surface area contributed by atoms with Crippen LogP contribution in [0.2, 0.25) is 0 Å². The van der Waals surface area contributed by atoms with Crippen LogP contribution in [0.5, 0.6) is 5.75 Å². The van der Waals surface area contributed by atoms with Crippen molar-refractivity contribution >= 4 is 5.97 Å². The number of ether oxygens (including phenoxy) is 1. The Hall–Kier alpha value is -2.37. The summed E-state index contributed by atoms with van der Waals surface area (Å²) in [6.45, 7) is 0.374. The zero-order chi connectivity index (χ0) is 16.0. The molecule has 0 amide bonds. The third-order valence-corrected chi connectivity index (χ3v) is 3.50. The Bertz CT molecular complexity index is 612. The zero-order valence-electron chi connectivity index (χ0n) is 12.3. The van der Waals surface area contributed by atoms with Gasteiger partial charge in [-0.1, -0.05) is 42.5 Å². The van der Waals surface area contributed by atoms with E-state index in [1.807, 2.05) is 30.3 Å². The molecule has 0 saturated carbocycles. The summed E-state index contributed by atoms with van der Waals surface area (Å²) in [6.07, 6.45) is 0.145. The Kier molecular flexibility index (Phi) is 5.14. The first-order chi connectivity index (χ1) is 10.6. The molecule has 0 heterocycles. The normalized spacial score (nSPS) is 13.5. The molecule has 0 unspecified atom stereocenters. The van der Waals surface area contributed by atoms with E-state index in [9.17, 15) is 15.0 Å². The lowest BCUT2D eigenvalue weighted by molar-refractivity contribution is -0.167. The Balaban J connectivity index is 2.16. The summed E-state index contributed by atoms with van der Waals surface area (Å²) >= 11 is 0. The fraction of sp³-hybridized carbons (Fsp3) is 0.235. The van der Waals surface area contributed by atoms with Gasteiger partial charge in [-0.3, -0.25) is 5.32 Å². The Morgan fingerprint density at radius 3 is 2.27 bits per heavy atom. The van der Waals surface area contributed by atoms with Gasteiger partial charge in [0.05, 0.1) is 0 Å². The largest absolute Gasteiger partial charge is 0.508 e. The van der Waals surface area contributed by atoms with Gasteiger partial charge in [-0.15, -0.1) is 0 Å². The van der Waals surface area contributed by atoms with E-state index < -0.39 is 11.7 Å². The molecule has 0 aliphatic heterocycles. The maximum atomic E-state index is 11.7. The van der Waals surface area contributed by atoms with Crippen LogP contribution in [0.1, 0.15) is 11.1 Å². The van der Waals surface area contributed by atoms with Gasteiger partial charge in [-0.05, 0) is 23.3 Å². The Labute approximate surface area is 129 Å². The summed E-state index contributed by atoms with van der Waals surface area (Å²) in [6, 6.07) is 15.9. The van der Waals surface area contributed by atoms with Crippen LogP contribution in [0.4, 0.5) is 0 Å². The van der Waals surface area contributed by atoms with Crippen molar-refractivity contribution in [1.29, 1.82) is 0 Å². The number of aliphatic carboxylic acids is 1. The summed E-state index contributed by atoms with van der Waals surface area (Å²) in [5, 5.41) is 21.9. The van der Waals surface area contributed by atoms with E-state index in [-0.39, 0.29) is 12.2 Å².